The second-order valence-corrected chi connectivity index (χ2v) is 6.38. The Morgan fingerprint density at radius 1 is 1.08 bits per heavy atom. The molecule has 1 aliphatic heterocycles. The van der Waals surface area contributed by atoms with Gasteiger partial charge in [-0.1, -0.05) is 36.4 Å². The van der Waals surface area contributed by atoms with Gasteiger partial charge in [-0.3, -0.25) is 14.5 Å². The molecule has 0 radical (unpaired) electrons. The fourth-order valence-electron chi connectivity index (χ4n) is 2.42. The van der Waals surface area contributed by atoms with Crippen LogP contribution in [0.25, 0.3) is 6.08 Å². The van der Waals surface area contributed by atoms with Crippen LogP contribution in [-0.2, 0) is 4.79 Å². The van der Waals surface area contributed by atoms with Crippen LogP contribution in [-0.4, -0.2) is 40.3 Å². The topological polar surface area (TPSA) is 83.9 Å². The van der Waals surface area contributed by atoms with Crippen molar-refractivity contribution in [1.29, 1.82) is 0 Å². The van der Waals surface area contributed by atoms with E-state index in [1.165, 1.54) is 12.1 Å². The SMILES string of the molecule is O=C(O)c1ccccc1/C=C1\SC(=O)N(CCOc2ccccc2)C1=O. The molecular weight excluding hydrogens is 354 g/mol. The fraction of sp³-hybridized carbons (Fsp3) is 0.105. The molecule has 2 aromatic rings. The zero-order chi connectivity index (χ0) is 18.5. The number of imide groups is 1. The molecule has 0 spiro atoms. The van der Waals surface area contributed by atoms with Crippen LogP contribution in [0.1, 0.15) is 15.9 Å². The highest BCUT2D eigenvalue weighted by molar-refractivity contribution is 8.18. The lowest BCUT2D eigenvalue weighted by Crippen LogP contribution is -2.32. The molecule has 0 atom stereocenters. The molecule has 132 valence electrons. The number of hydrogen-bond acceptors (Lipinski definition) is 5. The molecule has 0 aliphatic carbocycles. The minimum atomic E-state index is -1.09. The van der Waals surface area contributed by atoms with Gasteiger partial charge in [0.2, 0.25) is 0 Å². The minimum Gasteiger partial charge on any atom is -0.492 e. The maximum atomic E-state index is 12.5. The summed E-state index contributed by atoms with van der Waals surface area (Å²) >= 11 is 0.793. The van der Waals surface area contributed by atoms with Crippen LogP contribution in [0.3, 0.4) is 0 Å². The second-order valence-electron chi connectivity index (χ2n) is 5.39. The van der Waals surface area contributed by atoms with Crippen molar-refractivity contribution in [3.05, 3.63) is 70.6 Å². The molecule has 1 aliphatic rings. The van der Waals surface area contributed by atoms with E-state index in [2.05, 4.69) is 0 Å². The molecule has 6 nitrogen and oxygen atoms in total. The van der Waals surface area contributed by atoms with E-state index in [-0.39, 0.29) is 23.6 Å². The molecular formula is C19H15NO5S. The molecule has 7 heteroatoms. The molecule has 3 rings (SSSR count). The van der Waals surface area contributed by atoms with Crippen molar-refractivity contribution in [3.8, 4) is 5.75 Å². The van der Waals surface area contributed by atoms with Crippen LogP contribution >= 0.6 is 11.8 Å². The number of nitrogens with zero attached hydrogens (tertiary/aromatic N) is 1. The number of hydrogen-bond donors (Lipinski definition) is 1. The molecule has 1 heterocycles. The average Bonchev–Trinajstić information content (AvgIpc) is 2.90. The largest absolute Gasteiger partial charge is 0.492 e. The third-order valence-corrected chi connectivity index (χ3v) is 4.59. The monoisotopic (exact) mass is 369 g/mol. The molecule has 1 fully saturated rings. The van der Waals surface area contributed by atoms with Gasteiger partial charge >= 0.3 is 5.97 Å². The quantitative estimate of drug-likeness (QED) is 0.785. The van der Waals surface area contributed by atoms with Gasteiger partial charge in [0, 0.05) is 0 Å². The number of rotatable bonds is 6. The lowest BCUT2D eigenvalue weighted by Gasteiger charge is -2.13. The van der Waals surface area contributed by atoms with Crippen LogP contribution in [0.5, 0.6) is 5.75 Å². The highest BCUT2D eigenvalue weighted by atomic mass is 32.2. The van der Waals surface area contributed by atoms with Crippen molar-refractivity contribution in [1.82, 2.24) is 4.90 Å². The van der Waals surface area contributed by atoms with Gasteiger partial charge in [0.25, 0.3) is 11.1 Å². The molecule has 2 aromatic carbocycles. The first-order valence-corrected chi connectivity index (χ1v) is 8.63. The lowest BCUT2D eigenvalue weighted by molar-refractivity contribution is -0.123. The number of carbonyl (C=O) groups is 3. The molecule has 1 saturated heterocycles. The summed E-state index contributed by atoms with van der Waals surface area (Å²) in [7, 11) is 0. The zero-order valence-corrected chi connectivity index (χ0v) is 14.4. The number of para-hydroxylation sites is 1. The Bertz CT molecular complexity index is 879. The second kappa shape index (κ2) is 7.88. The van der Waals surface area contributed by atoms with E-state index in [1.54, 1.807) is 30.3 Å². The third kappa shape index (κ3) is 3.94. The summed E-state index contributed by atoms with van der Waals surface area (Å²) in [5.74, 6) is -0.880. The van der Waals surface area contributed by atoms with Crippen molar-refractivity contribution in [2.45, 2.75) is 0 Å². The Morgan fingerprint density at radius 2 is 1.77 bits per heavy atom. The summed E-state index contributed by atoms with van der Waals surface area (Å²) in [4.78, 5) is 37.1. The van der Waals surface area contributed by atoms with E-state index in [1.807, 2.05) is 18.2 Å². The van der Waals surface area contributed by atoms with Crippen molar-refractivity contribution < 1.29 is 24.2 Å². The number of ether oxygens (including phenoxy) is 1. The summed E-state index contributed by atoms with van der Waals surface area (Å²) in [5.41, 5.74) is 0.456. The number of carboxylic acids is 1. The molecule has 1 N–H and O–H groups in total. The predicted octanol–water partition coefficient (Wildman–Crippen LogP) is 3.50. The van der Waals surface area contributed by atoms with Crippen LogP contribution in [0.15, 0.2) is 59.5 Å². The maximum Gasteiger partial charge on any atom is 0.336 e. The molecule has 0 unspecified atom stereocenters. The number of thioether (sulfide) groups is 1. The van der Waals surface area contributed by atoms with Crippen molar-refractivity contribution in [2.75, 3.05) is 13.2 Å². The summed E-state index contributed by atoms with van der Waals surface area (Å²) < 4.78 is 5.52. The van der Waals surface area contributed by atoms with E-state index >= 15 is 0 Å². The molecule has 0 saturated carbocycles. The number of carbonyl (C=O) groups excluding carboxylic acids is 2. The highest BCUT2D eigenvalue weighted by Gasteiger charge is 2.35. The number of benzene rings is 2. The molecule has 0 aromatic heterocycles. The molecule has 0 bridgehead atoms. The van der Waals surface area contributed by atoms with E-state index in [4.69, 9.17) is 4.74 Å². The number of carboxylic acid groups (broad SMARTS) is 1. The van der Waals surface area contributed by atoms with Crippen LogP contribution < -0.4 is 4.74 Å². The Hall–Kier alpha value is -3.06. The van der Waals surface area contributed by atoms with E-state index in [0.717, 1.165) is 16.7 Å². The predicted molar refractivity (Wildman–Crippen MR) is 98.0 cm³/mol. The third-order valence-electron chi connectivity index (χ3n) is 3.68. The number of amides is 2. The lowest BCUT2D eigenvalue weighted by atomic mass is 10.1. The van der Waals surface area contributed by atoms with Crippen LogP contribution in [0.2, 0.25) is 0 Å². The fourth-order valence-corrected chi connectivity index (χ4v) is 3.28. The minimum absolute atomic E-state index is 0.0757. The van der Waals surface area contributed by atoms with Gasteiger partial charge in [0.15, 0.2) is 0 Å². The van der Waals surface area contributed by atoms with Crippen LogP contribution in [0, 0.1) is 0 Å². The normalized spacial score (nSPS) is 15.5. The summed E-state index contributed by atoms with van der Waals surface area (Å²) in [6.45, 7) is 0.304. The number of aromatic carboxylic acids is 1. The van der Waals surface area contributed by atoms with Gasteiger partial charge in [0.05, 0.1) is 17.0 Å². The van der Waals surface area contributed by atoms with E-state index < -0.39 is 17.1 Å². The van der Waals surface area contributed by atoms with Gasteiger partial charge in [0.1, 0.15) is 12.4 Å². The summed E-state index contributed by atoms with van der Waals surface area (Å²) in [6.07, 6.45) is 1.44. The van der Waals surface area contributed by atoms with Gasteiger partial charge in [-0.15, -0.1) is 0 Å². The Kier molecular flexibility index (Phi) is 5.38. The Balaban J connectivity index is 1.70. The van der Waals surface area contributed by atoms with Crippen LogP contribution in [0.4, 0.5) is 4.79 Å². The smallest absolute Gasteiger partial charge is 0.336 e. The van der Waals surface area contributed by atoms with Gasteiger partial charge in [-0.25, -0.2) is 4.79 Å². The maximum absolute atomic E-state index is 12.5. The van der Waals surface area contributed by atoms with Crippen molar-refractivity contribution in [3.63, 3.8) is 0 Å². The van der Waals surface area contributed by atoms with Gasteiger partial charge in [-0.2, -0.15) is 0 Å². The first-order chi connectivity index (χ1) is 12.6. The Morgan fingerprint density at radius 3 is 2.50 bits per heavy atom. The standard InChI is InChI=1S/C19H15NO5S/c21-17-16(12-13-6-4-5-9-15(13)18(22)23)26-19(24)20(17)10-11-25-14-7-2-1-3-8-14/h1-9,12H,10-11H2,(H,22,23)/b16-12-. The molecule has 26 heavy (non-hydrogen) atoms. The summed E-state index contributed by atoms with van der Waals surface area (Å²) in [6, 6.07) is 15.4. The zero-order valence-electron chi connectivity index (χ0n) is 13.6. The highest BCUT2D eigenvalue weighted by Crippen LogP contribution is 2.32. The molecule has 2 amide bonds. The average molecular weight is 369 g/mol. The first kappa shape index (κ1) is 17.8. The van der Waals surface area contributed by atoms with E-state index in [0.29, 0.717) is 11.3 Å². The van der Waals surface area contributed by atoms with E-state index in [9.17, 15) is 19.5 Å². The Labute approximate surface area is 154 Å². The van der Waals surface area contributed by atoms with Crippen molar-refractivity contribution >= 4 is 35.0 Å². The van der Waals surface area contributed by atoms with Gasteiger partial charge in [-0.05, 0) is 41.6 Å². The first-order valence-electron chi connectivity index (χ1n) is 7.82. The van der Waals surface area contributed by atoms with Gasteiger partial charge < -0.3 is 9.84 Å². The van der Waals surface area contributed by atoms with Crippen molar-refractivity contribution in [2.24, 2.45) is 0 Å². The summed E-state index contributed by atoms with van der Waals surface area (Å²) in [5, 5.41) is 8.82.